The molecule has 0 bridgehead atoms. The Bertz CT molecular complexity index is 4450. The van der Waals surface area contributed by atoms with E-state index in [2.05, 4.69) is 126 Å². The molecule has 0 amide bonds. The van der Waals surface area contributed by atoms with Gasteiger partial charge in [0.15, 0.2) is 5.82 Å². The molecule has 1 aliphatic carbocycles. The highest BCUT2D eigenvalue weighted by Crippen LogP contribution is 2.51. The zero-order valence-corrected chi connectivity index (χ0v) is 35.2. The van der Waals surface area contributed by atoms with Crippen LogP contribution >= 0.6 is 0 Å². The first-order valence-electron chi connectivity index (χ1n) is 28.0. The number of fused-ring (bicyclic) bond motifs is 9. The van der Waals surface area contributed by atoms with Crippen LogP contribution in [0.3, 0.4) is 0 Å². The Kier molecular flexibility index (Phi) is 5.78. The predicted molar refractivity (Wildman–Crippen MR) is 272 cm³/mol. The van der Waals surface area contributed by atoms with Gasteiger partial charge < -0.3 is 4.40 Å². The molecule has 9 aromatic carbocycles. The molecular formula is C62H43N3. The van der Waals surface area contributed by atoms with Gasteiger partial charge in [0.2, 0.25) is 0 Å². The molecule has 0 fully saturated rings. The summed E-state index contributed by atoms with van der Waals surface area (Å²) in [5.74, 6) is -0.261. The molecule has 0 spiro atoms. The minimum atomic E-state index is -2.24. The molecule has 1 aliphatic rings. The summed E-state index contributed by atoms with van der Waals surface area (Å²) in [6, 6.07) is 43.4. The fourth-order valence-corrected chi connectivity index (χ4v) is 10.1. The molecule has 0 saturated heterocycles. The van der Waals surface area contributed by atoms with Crippen LogP contribution in [-0.2, 0) is 5.41 Å². The van der Waals surface area contributed by atoms with Crippen molar-refractivity contribution < 1.29 is 17.8 Å². The van der Waals surface area contributed by atoms with E-state index in [-0.39, 0.29) is 28.3 Å². The number of benzene rings is 9. The van der Waals surface area contributed by atoms with Crippen LogP contribution in [0.15, 0.2) is 206 Å². The molecule has 3 heteroatoms. The smallest absolute Gasteiger partial charge is 0.160 e. The second kappa shape index (κ2) is 14.2. The standard InChI is InChI=1S/C62H43N3/c1-38-23-27-48-50-21-12-22-51-49-28-24-46(36-59(49)65(60(50)51)58(48)31-38)44-20-11-18-42(33-44)41-17-10-19-43(32-41)45-25-29-54-52(34-45)53-35-47(26-30-55(53)62(54,2)3)57-37-56(39-13-6-4-7-14-39)63-61(64-57)40-15-8-5-9-16-40/h4-37H,1-3H3/i1D3,4D,5D,6D,7D,8D,9D,13D,14D,15D,16D. The maximum Gasteiger partial charge on any atom is 0.160 e. The number of hydrogen-bond acceptors (Lipinski definition) is 2. The van der Waals surface area contributed by atoms with Crippen molar-refractivity contribution in [3.63, 3.8) is 0 Å². The summed E-state index contributed by atoms with van der Waals surface area (Å²) in [5, 5.41) is 4.31. The number of aryl methyl sites for hydroxylation is 1. The second-order valence-corrected chi connectivity index (χ2v) is 17.3. The first-order chi connectivity index (χ1) is 37.2. The van der Waals surface area contributed by atoms with Crippen molar-refractivity contribution >= 4 is 38.1 Å². The Hall–Kier alpha value is -8.14. The van der Waals surface area contributed by atoms with Crippen LogP contribution in [0.5, 0.6) is 0 Å². The average molecular weight is 843 g/mol. The van der Waals surface area contributed by atoms with Gasteiger partial charge in [0.05, 0.1) is 41.6 Å². The van der Waals surface area contributed by atoms with Crippen LogP contribution in [-0.4, -0.2) is 14.4 Å². The molecule has 65 heavy (non-hydrogen) atoms. The molecule has 0 atom stereocenters. The largest absolute Gasteiger partial charge is 0.308 e. The Morgan fingerprint density at radius 2 is 0.923 bits per heavy atom. The normalized spacial score (nSPS) is 16.0. The van der Waals surface area contributed by atoms with E-state index < -0.39 is 72.7 Å². The van der Waals surface area contributed by atoms with E-state index in [1.807, 2.05) is 24.3 Å². The number of aromatic nitrogens is 3. The third-order valence-electron chi connectivity index (χ3n) is 13.2. The van der Waals surface area contributed by atoms with Gasteiger partial charge in [-0.3, -0.25) is 0 Å². The van der Waals surface area contributed by atoms with E-state index in [4.69, 9.17) is 22.8 Å². The van der Waals surface area contributed by atoms with Gasteiger partial charge >= 0.3 is 0 Å². The van der Waals surface area contributed by atoms with Gasteiger partial charge in [-0.1, -0.05) is 177 Å². The summed E-state index contributed by atoms with van der Waals surface area (Å²) in [7, 11) is 0. The lowest BCUT2D eigenvalue weighted by Crippen LogP contribution is -2.14. The number of hydrogen-bond donors (Lipinski definition) is 0. The maximum atomic E-state index is 8.81. The van der Waals surface area contributed by atoms with Gasteiger partial charge in [-0.2, -0.15) is 0 Å². The highest BCUT2D eigenvalue weighted by molar-refractivity contribution is 6.23. The summed E-state index contributed by atoms with van der Waals surface area (Å²) in [6.07, 6.45) is 0. The molecule has 306 valence electrons. The lowest BCUT2D eigenvalue weighted by Gasteiger charge is -2.21. The van der Waals surface area contributed by atoms with E-state index in [9.17, 15) is 0 Å². The molecule has 0 radical (unpaired) electrons. The summed E-state index contributed by atoms with van der Waals surface area (Å²) in [5.41, 5.74) is 13.3. The second-order valence-electron chi connectivity index (χ2n) is 17.3. The maximum absolute atomic E-state index is 8.81. The first kappa shape index (κ1) is 26.5. The number of para-hydroxylation sites is 1. The highest BCUT2D eigenvalue weighted by atomic mass is 14.9. The van der Waals surface area contributed by atoms with Crippen molar-refractivity contribution in [2.24, 2.45) is 0 Å². The van der Waals surface area contributed by atoms with Crippen molar-refractivity contribution in [1.29, 1.82) is 0 Å². The van der Waals surface area contributed by atoms with E-state index in [1.54, 1.807) is 12.1 Å². The lowest BCUT2D eigenvalue weighted by molar-refractivity contribution is 0.660. The average Bonchev–Trinajstić information content (AvgIpc) is 4.27. The SMILES string of the molecule is [2H]c1c([2H])c([2H])c(-c2cc(-c3ccc4c(c3)-c3cc(-c5cccc(-c6cccc(-c7ccc8c9cccc%10c%11ccc(C([2H])([2H])[2H])cc%11n(c8c7)c9%10)c6)c5)ccc3C4(C)C)nc(-c3c([2H])c([2H])c([2H])c([2H])c3[2H])n2)c([2H])c1[2H]. The Morgan fingerprint density at radius 1 is 0.431 bits per heavy atom. The van der Waals surface area contributed by atoms with Crippen molar-refractivity contribution in [1.82, 2.24) is 14.4 Å². The van der Waals surface area contributed by atoms with Crippen LogP contribution in [0.2, 0.25) is 0 Å². The van der Waals surface area contributed by atoms with Gasteiger partial charge in [-0.25, -0.2) is 9.97 Å². The molecular weight excluding hydrogens is 787 g/mol. The van der Waals surface area contributed by atoms with Gasteiger partial charge in [-0.15, -0.1) is 0 Å². The predicted octanol–water partition coefficient (Wildman–Crippen LogP) is 16.2. The minimum absolute atomic E-state index is 0.0739. The molecule has 3 heterocycles. The van der Waals surface area contributed by atoms with Gasteiger partial charge in [0.1, 0.15) is 0 Å². The third-order valence-corrected chi connectivity index (χ3v) is 13.2. The monoisotopic (exact) mass is 842 g/mol. The molecule has 0 unspecified atom stereocenters. The minimum Gasteiger partial charge on any atom is -0.308 e. The van der Waals surface area contributed by atoms with Crippen LogP contribution in [0.25, 0.3) is 117 Å². The van der Waals surface area contributed by atoms with Crippen molar-refractivity contribution in [3.8, 4) is 78.4 Å². The van der Waals surface area contributed by atoms with E-state index in [0.717, 1.165) is 93.7 Å². The summed E-state index contributed by atoms with van der Waals surface area (Å²) in [6.45, 7) is 2.09. The Morgan fingerprint density at radius 3 is 1.55 bits per heavy atom. The third kappa shape index (κ3) is 5.89. The summed E-state index contributed by atoms with van der Waals surface area (Å²) in [4.78, 5) is 9.37. The topological polar surface area (TPSA) is 30.2 Å². The molecule has 3 aromatic heterocycles. The molecule has 0 saturated carbocycles. The Labute approximate surface area is 396 Å². The van der Waals surface area contributed by atoms with Gasteiger partial charge in [0, 0.05) is 47.8 Å². The first-order valence-corrected chi connectivity index (χ1v) is 21.5. The van der Waals surface area contributed by atoms with E-state index in [0.29, 0.717) is 11.1 Å². The summed E-state index contributed by atoms with van der Waals surface area (Å²) < 4.78 is 112. The molecule has 0 N–H and O–H groups in total. The molecule has 13 rings (SSSR count). The van der Waals surface area contributed by atoms with Gasteiger partial charge in [-0.05, 0) is 111 Å². The lowest BCUT2D eigenvalue weighted by atomic mass is 9.82. The van der Waals surface area contributed by atoms with Crippen LogP contribution in [0.4, 0.5) is 0 Å². The van der Waals surface area contributed by atoms with Crippen molar-refractivity contribution in [3.05, 3.63) is 223 Å². The fraction of sp³-hybridized carbons (Fsp3) is 0.0645. The van der Waals surface area contributed by atoms with Crippen LogP contribution in [0, 0.1) is 6.85 Å². The van der Waals surface area contributed by atoms with Crippen molar-refractivity contribution in [2.45, 2.75) is 26.1 Å². The zero-order valence-electron chi connectivity index (χ0n) is 48.2. The molecule has 12 aromatic rings. The van der Waals surface area contributed by atoms with Crippen LogP contribution < -0.4 is 0 Å². The summed E-state index contributed by atoms with van der Waals surface area (Å²) >= 11 is 0. The highest BCUT2D eigenvalue weighted by Gasteiger charge is 2.36. The number of rotatable bonds is 6. The molecule has 3 nitrogen and oxygen atoms in total. The van der Waals surface area contributed by atoms with Crippen LogP contribution in [0.1, 0.15) is 48.4 Å². The Balaban J connectivity index is 0.893. The molecule has 0 aliphatic heterocycles. The van der Waals surface area contributed by atoms with E-state index >= 15 is 0 Å². The number of nitrogens with zero attached hydrogens (tertiary/aromatic N) is 3. The van der Waals surface area contributed by atoms with E-state index in [1.165, 1.54) is 6.07 Å². The quantitative estimate of drug-likeness (QED) is 0.167. The zero-order chi connectivity index (χ0) is 54.6. The van der Waals surface area contributed by atoms with Gasteiger partial charge in [0.25, 0.3) is 0 Å². The van der Waals surface area contributed by atoms with Crippen molar-refractivity contribution in [2.75, 3.05) is 0 Å². The fourth-order valence-electron chi connectivity index (χ4n) is 10.1.